The summed E-state index contributed by atoms with van der Waals surface area (Å²) in [7, 11) is 0. The Morgan fingerprint density at radius 2 is 1.38 bits per heavy atom. The number of ether oxygens (including phenoxy) is 1. The first-order chi connectivity index (χ1) is 11.8. The van der Waals surface area contributed by atoms with E-state index in [1.165, 1.54) is 64.2 Å². The van der Waals surface area contributed by atoms with Gasteiger partial charge >= 0.3 is 0 Å². The molecule has 0 aliphatic heterocycles. The molecule has 0 spiro atoms. The zero-order chi connectivity index (χ0) is 17.7. The highest BCUT2D eigenvalue weighted by atomic mass is 16.5. The topological polar surface area (TPSA) is 49.7 Å². The van der Waals surface area contributed by atoms with Gasteiger partial charge in [-0.05, 0) is 38.5 Å². The molecule has 24 heavy (non-hydrogen) atoms. The van der Waals surface area contributed by atoms with Gasteiger partial charge in [-0.2, -0.15) is 0 Å². The molecule has 0 radical (unpaired) electrons. The van der Waals surface area contributed by atoms with Gasteiger partial charge in [-0.15, -0.1) is 0 Å². The van der Waals surface area contributed by atoms with Crippen LogP contribution in [0.2, 0.25) is 0 Å². The largest absolute Gasteiger partial charge is 0.394 e. The van der Waals surface area contributed by atoms with Crippen LogP contribution < -0.4 is 0 Å². The number of hydrogen-bond donors (Lipinski definition) is 2. The number of rotatable bonds is 18. The molecule has 0 unspecified atom stereocenters. The monoisotopic (exact) mass is 340 g/mol. The van der Waals surface area contributed by atoms with E-state index >= 15 is 0 Å². The second-order valence-electron chi connectivity index (χ2n) is 6.50. The molecule has 142 valence electrons. The number of aliphatic hydroxyl groups excluding tert-OH is 2. The normalized spacial score (nSPS) is 13.3. The van der Waals surface area contributed by atoms with Crippen LogP contribution in [0.25, 0.3) is 0 Å². The molecule has 0 saturated carbocycles. The molecule has 3 nitrogen and oxygen atoms in total. The van der Waals surface area contributed by atoms with Gasteiger partial charge in [-0.25, -0.2) is 0 Å². The fourth-order valence-electron chi connectivity index (χ4n) is 2.46. The number of unbranched alkanes of at least 4 members (excludes halogenated alkanes) is 9. The van der Waals surface area contributed by atoms with Crippen LogP contribution in [0.5, 0.6) is 0 Å². The van der Waals surface area contributed by atoms with Gasteiger partial charge in [0.25, 0.3) is 0 Å². The van der Waals surface area contributed by atoms with Gasteiger partial charge in [0, 0.05) is 6.61 Å². The molecule has 2 N–H and O–H groups in total. The Morgan fingerprint density at radius 3 is 2.00 bits per heavy atom. The summed E-state index contributed by atoms with van der Waals surface area (Å²) in [6, 6.07) is 0. The Balaban J connectivity index is 3.15. The zero-order valence-electron chi connectivity index (χ0n) is 15.8. The third-order valence-corrected chi connectivity index (χ3v) is 4.01. The fourth-order valence-corrected chi connectivity index (χ4v) is 2.46. The lowest BCUT2D eigenvalue weighted by Crippen LogP contribution is -2.19. The van der Waals surface area contributed by atoms with Crippen LogP contribution >= 0.6 is 0 Å². The Hall–Kier alpha value is -0.640. The van der Waals surface area contributed by atoms with Crippen LogP contribution in [0.4, 0.5) is 0 Å². The molecule has 0 rings (SSSR count). The summed E-state index contributed by atoms with van der Waals surface area (Å²) in [6.45, 7) is 2.96. The summed E-state index contributed by atoms with van der Waals surface area (Å²) < 4.78 is 5.28. The van der Waals surface area contributed by atoms with E-state index in [0.29, 0.717) is 6.61 Å². The van der Waals surface area contributed by atoms with Crippen molar-refractivity contribution < 1.29 is 14.9 Å². The lowest BCUT2D eigenvalue weighted by molar-refractivity contribution is 0.00526. The Bertz CT molecular complexity index is 287. The second-order valence-corrected chi connectivity index (χ2v) is 6.50. The molecular formula is C21H40O3. The summed E-state index contributed by atoms with van der Waals surface area (Å²) in [5, 5.41) is 17.7. The summed E-state index contributed by atoms with van der Waals surface area (Å²) in [5.74, 6) is 0. The van der Waals surface area contributed by atoms with E-state index in [9.17, 15) is 0 Å². The molecule has 0 aromatic rings. The van der Waals surface area contributed by atoms with Crippen LogP contribution in [-0.2, 0) is 4.74 Å². The van der Waals surface area contributed by atoms with Crippen molar-refractivity contribution in [1.82, 2.24) is 0 Å². The smallest absolute Gasteiger partial charge is 0.100 e. The second kappa shape index (κ2) is 20.4. The predicted molar refractivity (Wildman–Crippen MR) is 103 cm³/mol. The fraction of sp³-hybridized carbons (Fsp3) is 0.810. The minimum absolute atomic E-state index is 0.219. The maximum Gasteiger partial charge on any atom is 0.100 e. The Labute approximate surface area is 149 Å². The first-order valence-corrected chi connectivity index (χ1v) is 9.98. The van der Waals surface area contributed by atoms with E-state index in [0.717, 1.165) is 12.8 Å². The highest BCUT2D eigenvalue weighted by Crippen LogP contribution is 2.08. The standard InChI is InChI=1S/C21H40O3/c1-2-3-4-5-6-7-8-9-10-11-12-13-14-15-16-17-18-24-20-21(23)19-22/h6-7,9-10,21-23H,2-5,8,11-20H2,1H3/b7-6-,10-9-/t21-/m1/s1. The Kier molecular flexibility index (Phi) is 19.9. The highest BCUT2D eigenvalue weighted by Gasteiger charge is 2.00. The summed E-state index contributed by atoms with van der Waals surface area (Å²) in [5.41, 5.74) is 0. The van der Waals surface area contributed by atoms with Crippen molar-refractivity contribution in [3.63, 3.8) is 0 Å². The molecule has 0 saturated heterocycles. The van der Waals surface area contributed by atoms with Gasteiger partial charge in [0.1, 0.15) is 6.10 Å². The maximum absolute atomic E-state index is 9.11. The van der Waals surface area contributed by atoms with Crippen molar-refractivity contribution in [2.75, 3.05) is 19.8 Å². The predicted octanol–water partition coefficient (Wildman–Crippen LogP) is 5.17. The maximum atomic E-state index is 9.11. The number of allylic oxidation sites excluding steroid dienone is 4. The average molecular weight is 341 g/mol. The van der Waals surface area contributed by atoms with Gasteiger partial charge in [0.2, 0.25) is 0 Å². The van der Waals surface area contributed by atoms with Crippen LogP contribution in [0, 0.1) is 0 Å². The van der Waals surface area contributed by atoms with Crippen molar-refractivity contribution >= 4 is 0 Å². The third-order valence-electron chi connectivity index (χ3n) is 4.01. The summed E-state index contributed by atoms with van der Waals surface area (Å²) in [4.78, 5) is 0. The number of hydrogen-bond acceptors (Lipinski definition) is 3. The molecule has 0 aliphatic rings. The van der Waals surface area contributed by atoms with Crippen molar-refractivity contribution in [2.45, 2.75) is 90.1 Å². The summed E-state index contributed by atoms with van der Waals surface area (Å²) >= 11 is 0. The first-order valence-electron chi connectivity index (χ1n) is 9.98. The van der Waals surface area contributed by atoms with E-state index < -0.39 is 6.10 Å². The molecule has 0 amide bonds. The van der Waals surface area contributed by atoms with E-state index in [-0.39, 0.29) is 13.2 Å². The molecule has 3 heteroatoms. The van der Waals surface area contributed by atoms with Crippen molar-refractivity contribution in [3.05, 3.63) is 24.3 Å². The van der Waals surface area contributed by atoms with Gasteiger partial charge in [0.05, 0.1) is 13.2 Å². The van der Waals surface area contributed by atoms with Crippen molar-refractivity contribution in [2.24, 2.45) is 0 Å². The average Bonchev–Trinajstić information content (AvgIpc) is 2.60. The van der Waals surface area contributed by atoms with Gasteiger partial charge in [0.15, 0.2) is 0 Å². The minimum Gasteiger partial charge on any atom is -0.394 e. The van der Waals surface area contributed by atoms with E-state index in [2.05, 4.69) is 31.2 Å². The summed E-state index contributed by atoms with van der Waals surface area (Å²) in [6.07, 6.45) is 23.3. The van der Waals surface area contributed by atoms with Gasteiger partial charge in [-0.3, -0.25) is 0 Å². The molecule has 1 atom stereocenters. The van der Waals surface area contributed by atoms with Crippen molar-refractivity contribution in [1.29, 1.82) is 0 Å². The van der Waals surface area contributed by atoms with E-state index in [1.54, 1.807) is 0 Å². The van der Waals surface area contributed by atoms with Crippen LogP contribution in [0.1, 0.15) is 84.0 Å². The van der Waals surface area contributed by atoms with Gasteiger partial charge in [-0.1, -0.05) is 69.8 Å². The van der Waals surface area contributed by atoms with Crippen LogP contribution in [0.3, 0.4) is 0 Å². The molecule has 0 aliphatic carbocycles. The molecular weight excluding hydrogens is 300 g/mol. The minimum atomic E-state index is -0.727. The van der Waals surface area contributed by atoms with Crippen molar-refractivity contribution in [3.8, 4) is 0 Å². The molecule has 0 heterocycles. The lowest BCUT2D eigenvalue weighted by Gasteiger charge is -2.07. The zero-order valence-corrected chi connectivity index (χ0v) is 15.8. The highest BCUT2D eigenvalue weighted by molar-refractivity contribution is 4.92. The lowest BCUT2D eigenvalue weighted by atomic mass is 10.1. The number of aliphatic hydroxyl groups is 2. The quantitative estimate of drug-likeness (QED) is 0.267. The van der Waals surface area contributed by atoms with E-state index in [1.807, 2.05) is 0 Å². The molecule has 0 fully saturated rings. The van der Waals surface area contributed by atoms with Crippen LogP contribution in [-0.4, -0.2) is 36.1 Å². The van der Waals surface area contributed by atoms with E-state index in [4.69, 9.17) is 14.9 Å². The molecule has 0 aromatic carbocycles. The van der Waals surface area contributed by atoms with Crippen LogP contribution in [0.15, 0.2) is 24.3 Å². The first kappa shape index (κ1) is 23.4. The van der Waals surface area contributed by atoms with Gasteiger partial charge < -0.3 is 14.9 Å². The Morgan fingerprint density at radius 1 is 0.792 bits per heavy atom. The molecule has 0 aromatic heterocycles. The third kappa shape index (κ3) is 19.4. The molecule has 0 bridgehead atoms. The SMILES string of the molecule is CCCCC/C=C\C/C=C\CCCCCCCCOC[C@H](O)CO.